The fourth-order valence-corrected chi connectivity index (χ4v) is 3.32. The third-order valence-electron chi connectivity index (χ3n) is 4.25. The van der Waals surface area contributed by atoms with Crippen LogP contribution in [0.1, 0.15) is 38.5 Å². The van der Waals surface area contributed by atoms with Gasteiger partial charge in [-0.15, -0.1) is 0 Å². The van der Waals surface area contributed by atoms with E-state index in [0.717, 1.165) is 51.6 Å². The number of rotatable bonds is 1. The van der Waals surface area contributed by atoms with Crippen LogP contribution in [-0.4, -0.2) is 41.6 Å². The van der Waals surface area contributed by atoms with Crippen LogP contribution in [-0.2, 0) is 9.53 Å². The monoisotopic (exact) mass is 224 g/mol. The van der Waals surface area contributed by atoms with Gasteiger partial charge in [0.05, 0.1) is 17.7 Å². The number of amides is 1. The van der Waals surface area contributed by atoms with Crippen LogP contribution in [0.3, 0.4) is 0 Å². The first kappa shape index (κ1) is 10.5. The summed E-state index contributed by atoms with van der Waals surface area (Å²) in [5, 5.41) is 0. The van der Waals surface area contributed by atoms with Gasteiger partial charge >= 0.3 is 0 Å². The van der Waals surface area contributed by atoms with Crippen molar-refractivity contribution >= 4 is 5.91 Å². The van der Waals surface area contributed by atoms with Gasteiger partial charge in [0, 0.05) is 13.1 Å². The van der Waals surface area contributed by atoms with Crippen LogP contribution in [0.5, 0.6) is 0 Å². The number of fused-ring (bicyclic) bond motifs is 2. The second-order valence-corrected chi connectivity index (χ2v) is 5.53. The normalized spacial score (nSPS) is 36.7. The summed E-state index contributed by atoms with van der Waals surface area (Å²) in [5.74, 6) is 0.171. The zero-order chi connectivity index (χ0) is 11.2. The van der Waals surface area contributed by atoms with Gasteiger partial charge in [-0.1, -0.05) is 12.8 Å². The summed E-state index contributed by atoms with van der Waals surface area (Å²) in [6.45, 7) is 1.52. The highest BCUT2D eigenvalue weighted by Crippen LogP contribution is 2.32. The lowest BCUT2D eigenvalue weighted by atomic mass is 9.96. The molecule has 2 aliphatic heterocycles. The second-order valence-electron chi connectivity index (χ2n) is 5.53. The van der Waals surface area contributed by atoms with Crippen LogP contribution in [0.4, 0.5) is 0 Å². The van der Waals surface area contributed by atoms with Gasteiger partial charge in [-0.3, -0.25) is 4.79 Å². The molecule has 1 saturated carbocycles. The topological polar surface area (TPSA) is 55.6 Å². The maximum absolute atomic E-state index is 12.4. The Kier molecular flexibility index (Phi) is 2.44. The van der Waals surface area contributed by atoms with Crippen molar-refractivity contribution in [3.63, 3.8) is 0 Å². The summed E-state index contributed by atoms with van der Waals surface area (Å²) in [7, 11) is 0. The van der Waals surface area contributed by atoms with Crippen molar-refractivity contribution < 1.29 is 9.53 Å². The van der Waals surface area contributed by atoms with E-state index in [1.807, 2.05) is 4.90 Å². The van der Waals surface area contributed by atoms with E-state index < -0.39 is 5.54 Å². The van der Waals surface area contributed by atoms with E-state index in [9.17, 15) is 4.79 Å². The van der Waals surface area contributed by atoms with E-state index >= 15 is 0 Å². The number of carbonyl (C=O) groups excluding carboxylic acids is 1. The number of likely N-dealkylation sites (tertiary alicyclic amines) is 1. The lowest BCUT2D eigenvalue weighted by Crippen LogP contribution is -2.57. The van der Waals surface area contributed by atoms with Gasteiger partial charge in [-0.05, 0) is 25.7 Å². The summed E-state index contributed by atoms with van der Waals surface area (Å²) >= 11 is 0. The molecule has 0 spiro atoms. The van der Waals surface area contributed by atoms with Crippen molar-refractivity contribution in [2.45, 2.75) is 56.3 Å². The molecule has 2 unspecified atom stereocenters. The molecule has 2 N–H and O–H groups in total. The van der Waals surface area contributed by atoms with E-state index in [1.54, 1.807) is 0 Å². The first-order chi connectivity index (χ1) is 7.67. The fourth-order valence-electron chi connectivity index (χ4n) is 3.32. The molecule has 3 rings (SSSR count). The third kappa shape index (κ3) is 1.64. The molecule has 2 bridgehead atoms. The number of nitrogens with two attached hydrogens (primary N) is 1. The number of hydrogen-bond donors (Lipinski definition) is 1. The zero-order valence-corrected chi connectivity index (χ0v) is 9.65. The van der Waals surface area contributed by atoms with E-state index in [-0.39, 0.29) is 18.1 Å². The predicted octanol–water partition coefficient (Wildman–Crippen LogP) is 0.648. The Morgan fingerprint density at radius 2 is 1.75 bits per heavy atom. The largest absolute Gasteiger partial charge is 0.371 e. The van der Waals surface area contributed by atoms with Crippen LogP contribution in [0.2, 0.25) is 0 Å². The molecule has 4 heteroatoms. The average molecular weight is 224 g/mol. The minimum absolute atomic E-state index is 0.171. The van der Waals surface area contributed by atoms with E-state index in [2.05, 4.69) is 0 Å². The van der Waals surface area contributed by atoms with Crippen molar-refractivity contribution in [2.24, 2.45) is 5.73 Å². The first-order valence-corrected chi connectivity index (χ1v) is 6.41. The van der Waals surface area contributed by atoms with Gasteiger partial charge < -0.3 is 15.4 Å². The lowest BCUT2D eigenvalue weighted by Gasteiger charge is -2.37. The van der Waals surface area contributed by atoms with Gasteiger partial charge in [-0.25, -0.2) is 0 Å². The lowest BCUT2D eigenvalue weighted by molar-refractivity contribution is -0.145. The highest BCUT2D eigenvalue weighted by atomic mass is 16.5. The average Bonchev–Trinajstić information content (AvgIpc) is 2.85. The molecule has 0 aromatic heterocycles. The van der Waals surface area contributed by atoms with Crippen LogP contribution < -0.4 is 5.73 Å². The van der Waals surface area contributed by atoms with Crippen LogP contribution >= 0.6 is 0 Å². The molecule has 3 aliphatic rings. The van der Waals surface area contributed by atoms with Crippen LogP contribution in [0.25, 0.3) is 0 Å². The molecule has 2 saturated heterocycles. The highest BCUT2D eigenvalue weighted by Gasteiger charge is 2.44. The Labute approximate surface area is 96.1 Å². The molecule has 1 aliphatic carbocycles. The predicted molar refractivity (Wildman–Crippen MR) is 59.9 cm³/mol. The third-order valence-corrected chi connectivity index (χ3v) is 4.25. The second kappa shape index (κ2) is 3.70. The van der Waals surface area contributed by atoms with E-state index in [0.29, 0.717) is 0 Å². The maximum Gasteiger partial charge on any atom is 0.242 e. The van der Waals surface area contributed by atoms with Crippen molar-refractivity contribution in [2.75, 3.05) is 13.1 Å². The van der Waals surface area contributed by atoms with Gasteiger partial charge in [0.15, 0.2) is 0 Å². The van der Waals surface area contributed by atoms with Crippen molar-refractivity contribution in [3.05, 3.63) is 0 Å². The number of ether oxygens (including phenoxy) is 1. The molecule has 0 aromatic carbocycles. The number of carbonyl (C=O) groups is 1. The Hall–Kier alpha value is -0.610. The van der Waals surface area contributed by atoms with E-state index in [4.69, 9.17) is 10.5 Å². The number of nitrogens with zero attached hydrogens (tertiary/aromatic N) is 1. The quantitative estimate of drug-likeness (QED) is 0.711. The molecule has 2 heterocycles. The van der Waals surface area contributed by atoms with E-state index in [1.165, 1.54) is 0 Å². The summed E-state index contributed by atoms with van der Waals surface area (Å²) in [5.41, 5.74) is 5.65. The molecule has 0 radical (unpaired) electrons. The van der Waals surface area contributed by atoms with Gasteiger partial charge in [0.25, 0.3) is 0 Å². The Bertz CT molecular complexity index is 287. The minimum atomic E-state index is -0.559. The molecule has 3 fully saturated rings. The Morgan fingerprint density at radius 1 is 1.19 bits per heavy atom. The molecular formula is C12H20N2O2. The number of morpholine rings is 1. The molecule has 1 amide bonds. The molecule has 0 aromatic rings. The van der Waals surface area contributed by atoms with Gasteiger partial charge in [0.2, 0.25) is 5.91 Å². The molecule has 4 nitrogen and oxygen atoms in total. The van der Waals surface area contributed by atoms with Crippen LogP contribution in [0.15, 0.2) is 0 Å². The summed E-state index contributed by atoms with van der Waals surface area (Å²) in [6, 6.07) is 0. The molecule has 90 valence electrons. The van der Waals surface area contributed by atoms with Crippen molar-refractivity contribution in [3.8, 4) is 0 Å². The molecule has 2 atom stereocenters. The van der Waals surface area contributed by atoms with Crippen molar-refractivity contribution in [1.29, 1.82) is 0 Å². The van der Waals surface area contributed by atoms with Gasteiger partial charge in [-0.2, -0.15) is 0 Å². The summed E-state index contributed by atoms with van der Waals surface area (Å²) < 4.78 is 5.74. The standard InChI is InChI=1S/C12H20N2O2/c13-12(5-1-2-6-12)11(15)14-7-9-3-4-10(8-14)16-9/h9-10H,1-8,13H2. The minimum Gasteiger partial charge on any atom is -0.371 e. The molecule has 16 heavy (non-hydrogen) atoms. The fraction of sp³-hybridized carbons (Fsp3) is 0.917. The maximum atomic E-state index is 12.4. The first-order valence-electron chi connectivity index (χ1n) is 6.41. The zero-order valence-electron chi connectivity index (χ0n) is 9.65. The van der Waals surface area contributed by atoms with Gasteiger partial charge in [0.1, 0.15) is 0 Å². The smallest absolute Gasteiger partial charge is 0.242 e. The molecular weight excluding hydrogens is 204 g/mol. The highest BCUT2D eigenvalue weighted by molar-refractivity contribution is 5.86. The Balaban J connectivity index is 1.71. The number of hydrogen-bond acceptors (Lipinski definition) is 3. The van der Waals surface area contributed by atoms with Crippen molar-refractivity contribution in [1.82, 2.24) is 4.90 Å². The Morgan fingerprint density at radius 3 is 2.31 bits per heavy atom. The van der Waals surface area contributed by atoms with Crippen LogP contribution in [0, 0.1) is 0 Å². The SMILES string of the molecule is NC1(C(=O)N2CC3CCC(C2)O3)CCCC1. The summed E-state index contributed by atoms with van der Waals surface area (Å²) in [6.07, 6.45) is 6.66. The summed E-state index contributed by atoms with van der Waals surface area (Å²) in [4.78, 5) is 14.3.